The number of thiazole rings is 2. The van der Waals surface area contributed by atoms with Crippen molar-refractivity contribution in [3.63, 3.8) is 0 Å². The third kappa shape index (κ3) is 3.72. The Morgan fingerprint density at radius 3 is 1.42 bits per heavy atom. The molecule has 2 nitrogen and oxygen atoms in total. The number of rotatable bonds is 5. The van der Waals surface area contributed by atoms with Gasteiger partial charge in [-0.15, -0.1) is 22.7 Å². The molecule has 0 atom stereocenters. The van der Waals surface area contributed by atoms with E-state index in [0.717, 1.165) is 20.1 Å². The lowest BCUT2D eigenvalue weighted by Crippen LogP contribution is -1.76. The smallest absolute Gasteiger partial charge is 0.124 e. The molecule has 0 saturated carbocycles. The molecule has 0 amide bonds. The molecule has 6 heteroatoms. The van der Waals surface area contributed by atoms with Gasteiger partial charge >= 0.3 is 0 Å². The summed E-state index contributed by atoms with van der Waals surface area (Å²) < 4.78 is 0. The van der Waals surface area contributed by atoms with E-state index in [1.54, 1.807) is 44.3 Å². The Morgan fingerprint density at radius 2 is 1.00 bits per heavy atom. The number of benzene rings is 2. The molecule has 0 bridgehead atoms. The van der Waals surface area contributed by atoms with Crippen LogP contribution in [0.25, 0.3) is 21.1 Å². The van der Waals surface area contributed by atoms with E-state index in [4.69, 9.17) is 9.97 Å². The Kier molecular flexibility index (Phi) is 4.99. The number of hydrogen-bond acceptors (Lipinski definition) is 6. The van der Waals surface area contributed by atoms with E-state index in [0.29, 0.717) is 0 Å². The largest absolute Gasteiger partial charge is 0.229 e. The third-order valence-corrected chi connectivity index (χ3v) is 7.42. The molecule has 2 aromatic carbocycles. The van der Waals surface area contributed by atoms with Crippen molar-refractivity contribution in [3.05, 3.63) is 71.4 Å². The van der Waals surface area contributed by atoms with Crippen molar-refractivity contribution in [2.45, 2.75) is 10.1 Å². The predicted molar refractivity (Wildman–Crippen MR) is 107 cm³/mol. The van der Waals surface area contributed by atoms with Gasteiger partial charge in [-0.2, -0.15) is 0 Å². The fourth-order valence-corrected chi connectivity index (χ4v) is 6.07. The lowest BCUT2D eigenvalue weighted by molar-refractivity contribution is 1.21. The first-order valence-corrected chi connectivity index (χ1v) is 11.2. The minimum atomic E-state index is 1.03. The Hall–Kier alpha value is -1.60. The Bertz CT molecular complexity index is 839. The molecule has 0 fully saturated rings. The molecule has 2 aromatic heterocycles. The van der Waals surface area contributed by atoms with Crippen LogP contribution in [0.4, 0.5) is 0 Å². The normalized spacial score (nSPS) is 10.8. The monoisotopic (exact) mass is 384 g/mol. The summed E-state index contributed by atoms with van der Waals surface area (Å²) >= 11 is 3.35. The average molecular weight is 385 g/mol. The molecule has 0 unspecified atom stereocenters. The van der Waals surface area contributed by atoms with Crippen molar-refractivity contribution in [3.8, 4) is 21.1 Å². The zero-order valence-electron chi connectivity index (χ0n) is 12.5. The highest BCUT2D eigenvalue weighted by molar-refractivity contribution is 8.76. The van der Waals surface area contributed by atoms with Crippen molar-refractivity contribution >= 4 is 44.3 Å². The fraction of sp³-hybridized carbons (Fsp3) is 0. The van der Waals surface area contributed by atoms with E-state index >= 15 is 0 Å². The van der Waals surface area contributed by atoms with Crippen LogP contribution in [0.2, 0.25) is 0 Å². The molecule has 24 heavy (non-hydrogen) atoms. The van der Waals surface area contributed by atoms with Gasteiger partial charge in [-0.3, -0.25) is 0 Å². The summed E-state index contributed by atoms with van der Waals surface area (Å²) in [7, 11) is 3.32. The predicted octanol–water partition coefficient (Wildman–Crippen LogP) is 6.73. The van der Waals surface area contributed by atoms with Gasteiger partial charge in [0.25, 0.3) is 0 Å². The molecule has 0 saturated heterocycles. The minimum absolute atomic E-state index is 1.03. The van der Waals surface area contributed by atoms with Crippen LogP contribution in [0.5, 0.6) is 0 Å². The second kappa shape index (κ2) is 7.53. The van der Waals surface area contributed by atoms with Crippen molar-refractivity contribution in [1.82, 2.24) is 9.97 Å². The van der Waals surface area contributed by atoms with E-state index in [-0.39, 0.29) is 0 Å². The van der Waals surface area contributed by atoms with Gasteiger partial charge in [0.05, 0.1) is 0 Å². The highest BCUT2D eigenvalue weighted by Crippen LogP contribution is 2.40. The third-order valence-electron chi connectivity index (χ3n) is 3.22. The van der Waals surface area contributed by atoms with Gasteiger partial charge in [0.15, 0.2) is 0 Å². The second-order valence-corrected chi connectivity index (χ2v) is 8.77. The van der Waals surface area contributed by atoms with Crippen molar-refractivity contribution in [2.24, 2.45) is 0 Å². The molecule has 0 aliphatic rings. The van der Waals surface area contributed by atoms with E-state index in [1.807, 2.05) is 36.4 Å². The van der Waals surface area contributed by atoms with Crippen molar-refractivity contribution in [2.75, 3.05) is 0 Å². The summed E-state index contributed by atoms with van der Waals surface area (Å²) in [4.78, 5) is 9.39. The molecule has 4 aromatic rings. The van der Waals surface area contributed by atoms with Crippen LogP contribution in [-0.2, 0) is 0 Å². The van der Waals surface area contributed by atoms with Crippen LogP contribution in [0, 0.1) is 0 Å². The second-order valence-electron chi connectivity index (χ2n) is 4.88. The van der Waals surface area contributed by atoms with Gasteiger partial charge in [0.2, 0.25) is 0 Å². The molecule has 0 radical (unpaired) electrons. The molecule has 0 N–H and O–H groups in total. The topological polar surface area (TPSA) is 25.8 Å². The van der Waals surface area contributed by atoms with Gasteiger partial charge in [-0.1, -0.05) is 60.7 Å². The van der Waals surface area contributed by atoms with Gasteiger partial charge in [-0.05, 0) is 21.6 Å². The first-order valence-electron chi connectivity index (χ1n) is 7.25. The highest BCUT2D eigenvalue weighted by atomic mass is 33.1. The summed E-state index contributed by atoms with van der Waals surface area (Å²) in [5.41, 5.74) is 2.33. The molecule has 4 rings (SSSR count). The summed E-state index contributed by atoms with van der Waals surface area (Å²) in [6.45, 7) is 0. The molecule has 118 valence electrons. The van der Waals surface area contributed by atoms with E-state index in [2.05, 4.69) is 35.0 Å². The summed E-state index contributed by atoms with van der Waals surface area (Å²) in [5.74, 6) is 0. The maximum absolute atomic E-state index is 4.70. The number of hydrogen-bond donors (Lipinski definition) is 0. The number of aromatic nitrogens is 2. The zero-order chi connectivity index (χ0) is 16.2. The fourth-order valence-electron chi connectivity index (χ4n) is 2.11. The van der Waals surface area contributed by atoms with Gasteiger partial charge in [0.1, 0.15) is 20.1 Å². The Balaban J connectivity index is 1.43. The summed E-state index contributed by atoms with van der Waals surface area (Å²) in [6.07, 6.45) is 0. The van der Waals surface area contributed by atoms with Crippen LogP contribution >= 0.6 is 44.3 Å². The van der Waals surface area contributed by atoms with Crippen LogP contribution in [0.1, 0.15) is 0 Å². The van der Waals surface area contributed by atoms with Crippen LogP contribution in [0.3, 0.4) is 0 Å². The molecule has 0 aliphatic carbocycles. The van der Waals surface area contributed by atoms with Gasteiger partial charge < -0.3 is 0 Å². The first kappa shape index (κ1) is 15.9. The van der Waals surface area contributed by atoms with E-state index in [9.17, 15) is 0 Å². The van der Waals surface area contributed by atoms with Crippen LogP contribution < -0.4 is 0 Å². The van der Waals surface area contributed by atoms with E-state index < -0.39 is 0 Å². The standard InChI is InChI=1S/C18H12N2S4/c1-3-7-13(8-4-1)17-19-15(11-21-17)23-24-16-12-22-18(20-16)14-9-5-2-6-10-14/h1-12H. The molecule has 2 heterocycles. The molecule has 0 spiro atoms. The number of nitrogens with zero attached hydrogens (tertiary/aromatic N) is 2. The lowest BCUT2D eigenvalue weighted by Gasteiger charge is -1.95. The molecule has 0 aliphatic heterocycles. The maximum Gasteiger partial charge on any atom is 0.124 e. The molecular weight excluding hydrogens is 372 g/mol. The van der Waals surface area contributed by atoms with E-state index in [1.165, 1.54) is 11.1 Å². The van der Waals surface area contributed by atoms with Crippen molar-refractivity contribution < 1.29 is 0 Å². The summed E-state index contributed by atoms with van der Waals surface area (Å²) in [5, 5.41) is 8.37. The zero-order valence-corrected chi connectivity index (χ0v) is 15.7. The lowest BCUT2D eigenvalue weighted by atomic mass is 10.2. The van der Waals surface area contributed by atoms with Crippen molar-refractivity contribution in [1.29, 1.82) is 0 Å². The SMILES string of the molecule is c1ccc(-c2nc(SSc3csc(-c4ccccc4)n3)cs2)cc1. The van der Waals surface area contributed by atoms with Crippen LogP contribution in [0.15, 0.2) is 81.5 Å². The highest BCUT2D eigenvalue weighted by Gasteiger charge is 2.09. The minimum Gasteiger partial charge on any atom is -0.229 e. The average Bonchev–Trinajstić information content (AvgIpc) is 3.31. The first-order chi connectivity index (χ1) is 11.9. The van der Waals surface area contributed by atoms with Gasteiger partial charge in [0, 0.05) is 21.9 Å². The quantitative estimate of drug-likeness (QED) is 0.356. The maximum atomic E-state index is 4.70. The van der Waals surface area contributed by atoms with Gasteiger partial charge in [-0.25, -0.2) is 9.97 Å². The summed E-state index contributed by atoms with van der Waals surface area (Å²) in [6, 6.07) is 20.6. The Morgan fingerprint density at radius 1 is 0.583 bits per heavy atom. The Labute approximate surface area is 156 Å². The molecular formula is C18H12N2S4. The van der Waals surface area contributed by atoms with Crippen LogP contribution in [-0.4, -0.2) is 9.97 Å².